The zero-order valence-electron chi connectivity index (χ0n) is 10.5. The fourth-order valence-electron chi connectivity index (χ4n) is 1.64. The quantitative estimate of drug-likeness (QED) is 0.485. The van der Waals surface area contributed by atoms with E-state index in [0.29, 0.717) is 23.2 Å². The van der Waals surface area contributed by atoms with Gasteiger partial charge in [0, 0.05) is 5.56 Å². The summed E-state index contributed by atoms with van der Waals surface area (Å²) >= 11 is 0. The second-order valence-electron chi connectivity index (χ2n) is 4.11. The highest BCUT2D eigenvalue weighted by Gasteiger charge is 2.17. The molecule has 0 fully saturated rings. The standard InChI is InChI=1S/C14H10FNO4/c1-9-2-3-10(8-17)6-14(9)20-13-5-4-11(15)7-12(13)16(18)19/h2-8H,1H3. The molecule has 0 heterocycles. The van der Waals surface area contributed by atoms with Crippen molar-refractivity contribution in [3.8, 4) is 11.5 Å². The Morgan fingerprint density at radius 1 is 1.20 bits per heavy atom. The highest BCUT2D eigenvalue weighted by atomic mass is 19.1. The summed E-state index contributed by atoms with van der Waals surface area (Å²) in [5, 5.41) is 10.9. The Morgan fingerprint density at radius 2 is 1.95 bits per heavy atom. The number of carbonyl (C=O) groups is 1. The number of hydrogen-bond acceptors (Lipinski definition) is 4. The molecule has 0 unspecified atom stereocenters. The first-order valence-corrected chi connectivity index (χ1v) is 5.69. The van der Waals surface area contributed by atoms with Gasteiger partial charge in [0.05, 0.1) is 11.0 Å². The minimum atomic E-state index is -0.725. The van der Waals surface area contributed by atoms with Crippen molar-refractivity contribution in [2.75, 3.05) is 0 Å². The van der Waals surface area contributed by atoms with Gasteiger partial charge < -0.3 is 4.74 Å². The maximum absolute atomic E-state index is 13.0. The highest BCUT2D eigenvalue weighted by molar-refractivity contribution is 5.76. The topological polar surface area (TPSA) is 69.4 Å². The molecule has 102 valence electrons. The third-order valence-electron chi connectivity index (χ3n) is 2.69. The molecule has 0 saturated heterocycles. The van der Waals surface area contributed by atoms with Crippen LogP contribution < -0.4 is 4.74 Å². The van der Waals surface area contributed by atoms with Crippen LogP contribution in [0.3, 0.4) is 0 Å². The Hall–Kier alpha value is -2.76. The molecule has 0 aliphatic carbocycles. The van der Waals surface area contributed by atoms with Crippen molar-refractivity contribution in [3.05, 3.63) is 63.5 Å². The van der Waals surface area contributed by atoms with Gasteiger partial charge in [-0.2, -0.15) is 0 Å². The second kappa shape index (κ2) is 5.48. The van der Waals surface area contributed by atoms with Gasteiger partial charge in [0.15, 0.2) is 0 Å². The molecule has 2 aromatic carbocycles. The zero-order chi connectivity index (χ0) is 14.7. The molecule has 0 aliphatic heterocycles. The van der Waals surface area contributed by atoms with Gasteiger partial charge in [0.2, 0.25) is 5.75 Å². The third kappa shape index (κ3) is 2.80. The van der Waals surface area contributed by atoms with E-state index in [0.717, 1.165) is 12.1 Å². The zero-order valence-corrected chi connectivity index (χ0v) is 10.5. The first-order chi connectivity index (χ1) is 9.51. The van der Waals surface area contributed by atoms with E-state index in [-0.39, 0.29) is 5.75 Å². The molecule has 0 radical (unpaired) electrons. The Balaban J connectivity index is 2.44. The van der Waals surface area contributed by atoms with Crippen LogP contribution in [0.5, 0.6) is 11.5 Å². The number of aldehydes is 1. The van der Waals surface area contributed by atoms with Crippen molar-refractivity contribution in [2.24, 2.45) is 0 Å². The summed E-state index contributed by atoms with van der Waals surface area (Å²) in [7, 11) is 0. The fraction of sp³-hybridized carbons (Fsp3) is 0.0714. The smallest absolute Gasteiger partial charge is 0.314 e. The number of hydrogen-bond donors (Lipinski definition) is 0. The summed E-state index contributed by atoms with van der Waals surface area (Å²) in [5.74, 6) is -0.491. The normalized spacial score (nSPS) is 10.1. The molecule has 0 saturated carbocycles. The minimum absolute atomic E-state index is 0.0810. The molecule has 0 N–H and O–H groups in total. The van der Waals surface area contributed by atoms with Crippen LogP contribution in [-0.4, -0.2) is 11.2 Å². The molecule has 0 aromatic heterocycles. The molecule has 0 spiro atoms. The van der Waals surface area contributed by atoms with Crippen LogP contribution in [0.4, 0.5) is 10.1 Å². The highest BCUT2D eigenvalue weighted by Crippen LogP contribution is 2.33. The molecule has 0 amide bonds. The number of aryl methyl sites for hydroxylation is 1. The van der Waals surface area contributed by atoms with E-state index in [4.69, 9.17) is 4.74 Å². The number of ether oxygens (including phenoxy) is 1. The lowest BCUT2D eigenvalue weighted by molar-refractivity contribution is -0.385. The van der Waals surface area contributed by atoms with Gasteiger partial charge >= 0.3 is 5.69 Å². The largest absolute Gasteiger partial charge is 0.450 e. The van der Waals surface area contributed by atoms with Crippen LogP contribution in [0.1, 0.15) is 15.9 Å². The Bertz CT molecular complexity index is 685. The molecule has 0 bridgehead atoms. The monoisotopic (exact) mass is 275 g/mol. The average Bonchev–Trinajstić information content (AvgIpc) is 2.42. The lowest BCUT2D eigenvalue weighted by atomic mass is 10.1. The van der Waals surface area contributed by atoms with Crippen molar-refractivity contribution in [2.45, 2.75) is 6.92 Å². The lowest BCUT2D eigenvalue weighted by Gasteiger charge is -2.09. The van der Waals surface area contributed by atoms with Gasteiger partial charge in [0.25, 0.3) is 0 Å². The van der Waals surface area contributed by atoms with Crippen molar-refractivity contribution in [1.29, 1.82) is 0 Å². The number of benzene rings is 2. The van der Waals surface area contributed by atoms with E-state index in [1.54, 1.807) is 19.1 Å². The number of nitrogens with zero attached hydrogens (tertiary/aromatic N) is 1. The van der Waals surface area contributed by atoms with Crippen molar-refractivity contribution < 1.29 is 18.8 Å². The molecule has 0 aliphatic rings. The van der Waals surface area contributed by atoms with E-state index in [1.807, 2.05) is 0 Å². The summed E-state index contributed by atoms with van der Waals surface area (Å²) in [6.07, 6.45) is 0.644. The summed E-state index contributed by atoms with van der Waals surface area (Å²) < 4.78 is 18.5. The van der Waals surface area contributed by atoms with E-state index < -0.39 is 16.4 Å². The summed E-state index contributed by atoms with van der Waals surface area (Å²) in [6.45, 7) is 1.74. The number of carbonyl (C=O) groups excluding carboxylic acids is 1. The molecular formula is C14H10FNO4. The molecule has 2 rings (SSSR count). The first kappa shape index (κ1) is 13.7. The van der Waals surface area contributed by atoms with E-state index in [2.05, 4.69) is 0 Å². The Labute approximate surface area is 113 Å². The SMILES string of the molecule is Cc1ccc(C=O)cc1Oc1ccc(F)cc1[N+](=O)[O-]. The van der Waals surface area contributed by atoms with Crippen LogP contribution in [-0.2, 0) is 0 Å². The minimum Gasteiger partial charge on any atom is -0.450 e. The van der Waals surface area contributed by atoms with E-state index in [9.17, 15) is 19.3 Å². The number of halogens is 1. The fourth-order valence-corrected chi connectivity index (χ4v) is 1.64. The van der Waals surface area contributed by atoms with Gasteiger partial charge in [-0.05, 0) is 30.7 Å². The van der Waals surface area contributed by atoms with Gasteiger partial charge in [-0.1, -0.05) is 12.1 Å². The summed E-state index contributed by atoms with van der Waals surface area (Å²) in [5.41, 5.74) is 0.616. The van der Waals surface area contributed by atoms with Crippen LogP contribution >= 0.6 is 0 Å². The predicted octanol–water partition coefficient (Wildman–Crippen LogP) is 3.65. The molecule has 0 atom stereocenters. The predicted molar refractivity (Wildman–Crippen MR) is 69.7 cm³/mol. The maximum atomic E-state index is 13.0. The van der Waals surface area contributed by atoms with Crippen LogP contribution in [0, 0.1) is 22.9 Å². The second-order valence-corrected chi connectivity index (χ2v) is 4.11. The number of rotatable bonds is 4. The van der Waals surface area contributed by atoms with Crippen LogP contribution in [0.15, 0.2) is 36.4 Å². The van der Waals surface area contributed by atoms with Crippen molar-refractivity contribution in [3.63, 3.8) is 0 Å². The average molecular weight is 275 g/mol. The number of nitro groups is 1. The van der Waals surface area contributed by atoms with Crippen molar-refractivity contribution in [1.82, 2.24) is 0 Å². The van der Waals surface area contributed by atoms with Gasteiger partial charge in [0.1, 0.15) is 17.9 Å². The van der Waals surface area contributed by atoms with Gasteiger partial charge in [-0.25, -0.2) is 4.39 Å². The number of nitro benzene ring substituents is 1. The molecule has 2 aromatic rings. The first-order valence-electron chi connectivity index (χ1n) is 5.69. The summed E-state index contributed by atoms with van der Waals surface area (Å²) in [4.78, 5) is 20.9. The Kier molecular flexibility index (Phi) is 3.74. The van der Waals surface area contributed by atoms with E-state index in [1.165, 1.54) is 12.1 Å². The van der Waals surface area contributed by atoms with Crippen molar-refractivity contribution >= 4 is 12.0 Å². The third-order valence-corrected chi connectivity index (χ3v) is 2.69. The molecular weight excluding hydrogens is 265 g/mol. The lowest BCUT2D eigenvalue weighted by Crippen LogP contribution is -1.96. The van der Waals surface area contributed by atoms with Crippen LogP contribution in [0.25, 0.3) is 0 Å². The molecule has 6 heteroatoms. The van der Waals surface area contributed by atoms with Crippen LogP contribution in [0.2, 0.25) is 0 Å². The van der Waals surface area contributed by atoms with Gasteiger partial charge in [-0.15, -0.1) is 0 Å². The maximum Gasteiger partial charge on any atom is 0.314 e. The summed E-state index contributed by atoms with van der Waals surface area (Å²) in [6, 6.07) is 7.77. The van der Waals surface area contributed by atoms with E-state index >= 15 is 0 Å². The van der Waals surface area contributed by atoms with Gasteiger partial charge in [-0.3, -0.25) is 14.9 Å². The molecule has 20 heavy (non-hydrogen) atoms. The molecule has 5 nitrogen and oxygen atoms in total. The Morgan fingerprint density at radius 3 is 2.60 bits per heavy atom.